The first kappa shape index (κ1) is 18.8. The fourth-order valence-electron chi connectivity index (χ4n) is 3.81. The fraction of sp³-hybridized carbons (Fsp3) is 0.350. The van der Waals surface area contributed by atoms with Crippen LogP contribution in [0.4, 0.5) is 0 Å². The van der Waals surface area contributed by atoms with E-state index in [-0.39, 0.29) is 16.6 Å². The van der Waals surface area contributed by atoms with E-state index in [0.29, 0.717) is 18.7 Å². The Morgan fingerprint density at radius 1 is 1.18 bits per heavy atom. The zero-order chi connectivity index (χ0) is 19.9. The number of ketones is 1. The number of nitrogens with zero attached hydrogens (tertiary/aromatic N) is 4. The number of aromatic nitrogens is 3. The summed E-state index contributed by atoms with van der Waals surface area (Å²) in [6, 6.07) is 10.0. The van der Waals surface area contributed by atoms with Crippen molar-refractivity contribution in [2.24, 2.45) is 7.05 Å². The summed E-state index contributed by atoms with van der Waals surface area (Å²) in [5.41, 5.74) is 2.21. The number of aryl methyl sites for hydroxylation is 1. The Kier molecular flexibility index (Phi) is 4.76. The first-order valence-corrected chi connectivity index (χ1v) is 10.7. The minimum Gasteiger partial charge on any atom is -0.295 e. The van der Waals surface area contributed by atoms with Crippen molar-refractivity contribution >= 4 is 26.8 Å². The summed E-state index contributed by atoms with van der Waals surface area (Å²) in [6.45, 7) is 2.33. The van der Waals surface area contributed by atoms with Gasteiger partial charge in [-0.2, -0.15) is 9.40 Å². The molecule has 4 rings (SSSR count). The molecule has 8 heteroatoms. The maximum atomic E-state index is 13.1. The molecule has 1 aliphatic heterocycles. The number of fused-ring (bicyclic) bond motifs is 1. The molecule has 0 saturated carbocycles. The van der Waals surface area contributed by atoms with Crippen molar-refractivity contribution in [1.29, 1.82) is 0 Å². The van der Waals surface area contributed by atoms with E-state index in [4.69, 9.17) is 0 Å². The van der Waals surface area contributed by atoms with E-state index in [1.807, 2.05) is 19.2 Å². The highest BCUT2D eigenvalue weighted by atomic mass is 32.2. The number of rotatable bonds is 4. The Morgan fingerprint density at radius 3 is 2.64 bits per heavy atom. The number of hydrogen-bond donors (Lipinski definition) is 0. The van der Waals surface area contributed by atoms with Crippen molar-refractivity contribution in [3.8, 4) is 0 Å². The summed E-state index contributed by atoms with van der Waals surface area (Å²) in [4.78, 5) is 16.0. The van der Waals surface area contributed by atoms with Crippen LogP contribution in [0.25, 0.3) is 11.0 Å². The van der Waals surface area contributed by atoms with Gasteiger partial charge in [-0.3, -0.25) is 9.48 Å². The second kappa shape index (κ2) is 7.10. The van der Waals surface area contributed by atoms with Crippen LogP contribution in [0.5, 0.6) is 0 Å². The Morgan fingerprint density at radius 2 is 1.93 bits per heavy atom. The van der Waals surface area contributed by atoms with Crippen LogP contribution in [0.3, 0.4) is 0 Å². The molecule has 2 aromatic heterocycles. The monoisotopic (exact) mass is 398 g/mol. The van der Waals surface area contributed by atoms with Crippen LogP contribution in [-0.4, -0.2) is 46.4 Å². The number of benzene rings is 1. The van der Waals surface area contributed by atoms with Crippen molar-refractivity contribution in [3.63, 3.8) is 0 Å². The molecule has 3 heterocycles. The summed E-state index contributed by atoms with van der Waals surface area (Å²) >= 11 is 0. The van der Waals surface area contributed by atoms with Crippen LogP contribution < -0.4 is 0 Å². The van der Waals surface area contributed by atoms with Gasteiger partial charge < -0.3 is 0 Å². The average molecular weight is 398 g/mol. The highest BCUT2D eigenvalue weighted by molar-refractivity contribution is 7.89. The molecule has 0 bridgehead atoms. The lowest BCUT2D eigenvalue weighted by Crippen LogP contribution is -2.39. The summed E-state index contributed by atoms with van der Waals surface area (Å²) in [5, 5.41) is 5.60. The van der Waals surface area contributed by atoms with Gasteiger partial charge in [-0.05, 0) is 44.0 Å². The van der Waals surface area contributed by atoms with E-state index >= 15 is 0 Å². The quantitative estimate of drug-likeness (QED) is 0.631. The van der Waals surface area contributed by atoms with Crippen molar-refractivity contribution in [1.82, 2.24) is 19.1 Å². The van der Waals surface area contributed by atoms with Crippen molar-refractivity contribution in [2.75, 3.05) is 13.1 Å². The molecule has 0 amide bonds. The van der Waals surface area contributed by atoms with Gasteiger partial charge >= 0.3 is 0 Å². The average Bonchev–Trinajstić information content (AvgIpc) is 3.05. The molecule has 0 N–H and O–H groups in total. The molecule has 0 aliphatic carbocycles. The largest absolute Gasteiger partial charge is 0.295 e. The molecule has 3 aromatic rings. The SMILES string of the molecule is CC(=O)c1ccc(S(=O)(=O)N2CCCC(c3nn(C)c4ncccc34)C2)cc1. The number of carbonyl (C=O) groups excluding carboxylic acids is 1. The van der Waals surface area contributed by atoms with Gasteiger partial charge in [-0.15, -0.1) is 0 Å². The van der Waals surface area contributed by atoms with E-state index in [2.05, 4.69) is 10.1 Å². The van der Waals surface area contributed by atoms with E-state index in [1.54, 1.807) is 23.0 Å². The molecule has 0 spiro atoms. The Bertz CT molecular complexity index is 1140. The predicted octanol–water partition coefficient (Wildman–Crippen LogP) is 2.74. The number of sulfonamides is 1. The predicted molar refractivity (Wildman–Crippen MR) is 106 cm³/mol. The van der Waals surface area contributed by atoms with E-state index < -0.39 is 10.0 Å². The fourth-order valence-corrected chi connectivity index (χ4v) is 5.34. The van der Waals surface area contributed by atoms with Gasteiger partial charge in [-0.1, -0.05) is 12.1 Å². The van der Waals surface area contributed by atoms with E-state index in [1.165, 1.54) is 23.4 Å². The second-order valence-electron chi connectivity index (χ2n) is 7.17. The maximum Gasteiger partial charge on any atom is 0.243 e. The molecule has 1 saturated heterocycles. The lowest BCUT2D eigenvalue weighted by Gasteiger charge is -2.31. The first-order chi connectivity index (χ1) is 13.4. The number of piperidine rings is 1. The van der Waals surface area contributed by atoms with E-state index in [9.17, 15) is 13.2 Å². The Labute approximate surface area is 164 Å². The zero-order valence-electron chi connectivity index (χ0n) is 15.9. The smallest absolute Gasteiger partial charge is 0.243 e. The topological polar surface area (TPSA) is 85.2 Å². The minimum atomic E-state index is -3.62. The zero-order valence-corrected chi connectivity index (χ0v) is 16.7. The summed E-state index contributed by atoms with van der Waals surface area (Å²) in [6.07, 6.45) is 3.39. The molecule has 1 aromatic carbocycles. The number of Topliss-reactive ketones (excluding diaryl/α,β-unsaturated/α-hetero) is 1. The van der Waals surface area contributed by atoms with Gasteiger partial charge in [0.1, 0.15) is 0 Å². The summed E-state index contributed by atoms with van der Waals surface area (Å²) in [5.74, 6) is -0.0643. The van der Waals surface area contributed by atoms with Gasteiger partial charge in [0.05, 0.1) is 10.6 Å². The standard InChI is InChI=1S/C20H22N4O3S/c1-14(25)15-7-9-17(10-8-15)28(26,27)24-12-4-5-16(13-24)19-18-6-3-11-21-20(18)23(2)22-19/h3,6-11,16H,4-5,12-13H2,1-2H3. The van der Waals surface area contributed by atoms with Crippen LogP contribution in [-0.2, 0) is 17.1 Å². The molecule has 1 aliphatic rings. The van der Waals surface area contributed by atoms with Crippen LogP contribution in [0, 0.1) is 0 Å². The van der Waals surface area contributed by atoms with E-state index in [0.717, 1.165) is 29.6 Å². The number of carbonyl (C=O) groups is 1. The third-order valence-corrected chi connectivity index (χ3v) is 7.18. The Balaban J connectivity index is 1.63. The lowest BCUT2D eigenvalue weighted by atomic mass is 9.94. The van der Waals surface area contributed by atoms with Crippen molar-refractivity contribution < 1.29 is 13.2 Å². The summed E-state index contributed by atoms with van der Waals surface area (Å²) in [7, 11) is -1.77. The van der Waals surface area contributed by atoms with Crippen LogP contribution >= 0.6 is 0 Å². The van der Waals surface area contributed by atoms with Gasteiger partial charge in [-0.25, -0.2) is 13.4 Å². The number of hydrogen-bond acceptors (Lipinski definition) is 5. The maximum absolute atomic E-state index is 13.1. The third-order valence-electron chi connectivity index (χ3n) is 5.30. The Hall–Kier alpha value is -2.58. The second-order valence-corrected chi connectivity index (χ2v) is 9.10. The van der Waals surface area contributed by atoms with Crippen LogP contribution in [0.15, 0.2) is 47.5 Å². The minimum absolute atomic E-state index is 0.0212. The van der Waals surface area contributed by atoms with Crippen molar-refractivity contribution in [2.45, 2.75) is 30.6 Å². The van der Waals surface area contributed by atoms with Crippen LogP contribution in [0.2, 0.25) is 0 Å². The molecule has 0 radical (unpaired) electrons. The highest BCUT2D eigenvalue weighted by Crippen LogP contribution is 2.33. The third kappa shape index (κ3) is 3.22. The lowest BCUT2D eigenvalue weighted by molar-refractivity contribution is 0.101. The normalized spacial score (nSPS) is 18.4. The molecular weight excluding hydrogens is 376 g/mol. The van der Waals surface area contributed by atoms with Gasteiger partial charge in [0.2, 0.25) is 10.0 Å². The summed E-state index contributed by atoms with van der Waals surface area (Å²) < 4.78 is 29.5. The van der Waals surface area contributed by atoms with Gasteiger partial charge in [0.25, 0.3) is 0 Å². The highest BCUT2D eigenvalue weighted by Gasteiger charge is 2.33. The van der Waals surface area contributed by atoms with Gasteiger partial charge in [0.15, 0.2) is 11.4 Å². The molecule has 28 heavy (non-hydrogen) atoms. The molecule has 1 unspecified atom stereocenters. The van der Waals surface area contributed by atoms with Gasteiger partial charge in [0, 0.05) is 43.2 Å². The first-order valence-electron chi connectivity index (χ1n) is 9.26. The number of pyridine rings is 1. The molecule has 1 fully saturated rings. The van der Waals surface area contributed by atoms with Crippen molar-refractivity contribution in [3.05, 3.63) is 53.9 Å². The molecular formula is C20H22N4O3S. The molecule has 1 atom stereocenters. The molecule has 7 nitrogen and oxygen atoms in total. The molecule has 146 valence electrons. The van der Waals surface area contributed by atoms with Crippen LogP contribution in [0.1, 0.15) is 41.7 Å².